The highest BCUT2D eigenvalue weighted by Gasteiger charge is 2.25. The Morgan fingerprint density at radius 2 is 1.70 bits per heavy atom. The van der Waals surface area contributed by atoms with Gasteiger partial charge in [-0.25, -0.2) is 0 Å². The first-order valence-electron chi connectivity index (χ1n) is 7.17. The van der Waals surface area contributed by atoms with E-state index in [9.17, 15) is 0 Å². The predicted octanol–water partition coefficient (Wildman–Crippen LogP) is 1.59. The van der Waals surface area contributed by atoms with Crippen molar-refractivity contribution in [2.24, 2.45) is 5.73 Å². The second-order valence-electron chi connectivity index (χ2n) is 5.11. The number of methoxy groups -OCH3 is 2. The van der Waals surface area contributed by atoms with E-state index < -0.39 is 0 Å². The summed E-state index contributed by atoms with van der Waals surface area (Å²) in [7, 11) is 3.20. The molecule has 1 aromatic rings. The fraction of sp³-hybridized carbons (Fsp3) is 0.714. The van der Waals surface area contributed by atoms with Gasteiger partial charge in [0, 0.05) is 18.6 Å². The maximum Gasteiger partial charge on any atom is 0.232 e. The third-order valence-electron chi connectivity index (χ3n) is 3.87. The molecule has 1 fully saturated rings. The van der Waals surface area contributed by atoms with E-state index in [1.165, 1.54) is 0 Å². The molecule has 0 spiro atoms. The van der Waals surface area contributed by atoms with Crippen LogP contribution in [0.3, 0.4) is 0 Å². The Hall–Kier alpha value is -1.56. The molecular formula is C14H24N4O2. The molecule has 1 aliphatic carbocycles. The summed E-state index contributed by atoms with van der Waals surface area (Å²) in [5, 5.41) is 0. The van der Waals surface area contributed by atoms with Crippen molar-refractivity contribution in [2.75, 3.05) is 25.7 Å². The molecule has 0 saturated heterocycles. The van der Waals surface area contributed by atoms with Gasteiger partial charge in [-0.1, -0.05) is 0 Å². The lowest BCUT2D eigenvalue weighted by Crippen LogP contribution is -2.41. The van der Waals surface area contributed by atoms with Crippen molar-refractivity contribution < 1.29 is 9.47 Å². The Labute approximate surface area is 120 Å². The molecule has 6 heteroatoms. The van der Waals surface area contributed by atoms with Gasteiger partial charge in [-0.15, -0.1) is 0 Å². The third-order valence-corrected chi connectivity index (χ3v) is 3.87. The summed E-state index contributed by atoms with van der Waals surface area (Å²) in [4.78, 5) is 11.1. The van der Waals surface area contributed by atoms with Crippen LogP contribution in [-0.4, -0.2) is 42.8 Å². The van der Waals surface area contributed by atoms with Crippen LogP contribution < -0.4 is 20.1 Å². The summed E-state index contributed by atoms with van der Waals surface area (Å²) in [6.07, 6.45) is 4.28. The zero-order valence-corrected chi connectivity index (χ0v) is 12.5. The molecule has 1 saturated carbocycles. The molecule has 2 N–H and O–H groups in total. The lowest BCUT2D eigenvalue weighted by Gasteiger charge is -2.35. The van der Waals surface area contributed by atoms with Crippen molar-refractivity contribution in [1.82, 2.24) is 9.97 Å². The number of aromatic nitrogens is 2. The molecule has 0 aliphatic heterocycles. The van der Waals surface area contributed by atoms with E-state index in [4.69, 9.17) is 15.2 Å². The van der Waals surface area contributed by atoms with Crippen LogP contribution in [0, 0.1) is 0 Å². The van der Waals surface area contributed by atoms with Crippen LogP contribution in [0.25, 0.3) is 0 Å². The van der Waals surface area contributed by atoms with Gasteiger partial charge in [0.2, 0.25) is 17.7 Å². The number of rotatable bonds is 5. The zero-order valence-electron chi connectivity index (χ0n) is 12.5. The molecule has 0 radical (unpaired) electrons. The Balaban J connectivity index is 2.22. The maximum absolute atomic E-state index is 5.98. The molecule has 0 amide bonds. The summed E-state index contributed by atoms with van der Waals surface area (Å²) in [6.45, 7) is 2.97. The molecule has 0 unspecified atom stereocenters. The fourth-order valence-corrected chi connectivity index (χ4v) is 2.71. The summed E-state index contributed by atoms with van der Waals surface area (Å²) in [5.41, 5.74) is 5.98. The summed E-state index contributed by atoms with van der Waals surface area (Å²) >= 11 is 0. The van der Waals surface area contributed by atoms with Crippen molar-refractivity contribution >= 4 is 5.95 Å². The fourth-order valence-electron chi connectivity index (χ4n) is 2.71. The molecule has 0 atom stereocenters. The number of hydrogen-bond donors (Lipinski definition) is 1. The highest BCUT2D eigenvalue weighted by Crippen LogP contribution is 2.27. The average molecular weight is 280 g/mol. The number of anilines is 1. The van der Waals surface area contributed by atoms with E-state index in [1.807, 2.05) is 0 Å². The van der Waals surface area contributed by atoms with Gasteiger partial charge < -0.3 is 20.1 Å². The maximum atomic E-state index is 5.98. The Morgan fingerprint density at radius 1 is 1.15 bits per heavy atom. The van der Waals surface area contributed by atoms with E-state index in [2.05, 4.69) is 21.8 Å². The highest BCUT2D eigenvalue weighted by molar-refractivity contribution is 5.38. The van der Waals surface area contributed by atoms with E-state index >= 15 is 0 Å². The standard InChI is InChI=1S/C14H24N4O2/c1-4-18(11-7-5-10(15)6-8-11)14-16-12(19-2)9-13(17-14)20-3/h9-11H,4-8,15H2,1-3H3. The van der Waals surface area contributed by atoms with Gasteiger partial charge in [0.05, 0.1) is 20.3 Å². The van der Waals surface area contributed by atoms with Gasteiger partial charge in [-0.05, 0) is 32.6 Å². The lowest BCUT2D eigenvalue weighted by atomic mass is 9.91. The number of nitrogens with zero attached hydrogens (tertiary/aromatic N) is 3. The first-order chi connectivity index (χ1) is 9.67. The minimum absolute atomic E-state index is 0.339. The lowest BCUT2D eigenvalue weighted by molar-refractivity contribution is 0.359. The van der Waals surface area contributed by atoms with Crippen LogP contribution in [-0.2, 0) is 0 Å². The molecule has 1 aromatic heterocycles. The van der Waals surface area contributed by atoms with Gasteiger partial charge in [0.25, 0.3) is 0 Å². The predicted molar refractivity (Wildman–Crippen MR) is 78.4 cm³/mol. The van der Waals surface area contributed by atoms with E-state index in [-0.39, 0.29) is 0 Å². The molecule has 0 aromatic carbocycles. The van der Waals surface area contributed by atoms with Crippen molar-refractivity contribution in [3.05, 3.63) is 6.07 Å². The minimum Gasteiger partial charge on any atom is -0.481 e. The highest BCUT2D eigenvalue weighted by atomic mass is 16.5. The van der Waals surface area contributed by atoms with Crippen LogP contribution >= 0.6 is 0 Å². The van der Waals surface area contributed by atoms with Crippen LogP contribution in [0.4, 0.5) is 5.95 Å². The van der Waals surface area contributed by atoms with Crippen molar-refractivity contribution in [3.63, 3.8) is 0 Å². The Kier molecular flexibility index (Phi) is 5.00. The van der Waals surface area contributed by atoms with Crippen LogP contribution in [0.1, 0.15) is 32.6 Å². The molecule has 1 aliphatic rings. The van der Waals surface area contributed by atoms with E-state index in [0.717, 1.165) is 32.2 Å². The molecule has 6 nitrogen and oxygen atoms in total. The summed E-state index contributed by atoms with van der Waals surface area (Å²) < 4.78 is 10.4. The second kappa shape index (κ2) is 6.74. The van der Waals surface area contributed by atoms with Crippen LogP contribution in [0.15, 0.2) is 6.07 Å². The molecule has 112 valence electrons. The van der Waals surface area contributed by atoms with Gasteiger partial charge in [-0.3, -0.25) is 0 Å². The smallest absolute Gasteiger partial charge is 0.232 e. The van der Waals surface area contributed by atoms with Crippen LogP contribution in [0.2, 0.25) is 0 Å². The van der Waals surface area contributed by atoms with Gasteiger partial charge in [0.1, 0.15) is 0 Å². The van der Waals surface area contributed by atoms with Crippen molar-refractivity contribution in [3.8, 4) is 11.8 Å². The van der Waals surface area contributed by atoms with Crippen molar-refractivity contribution in [1.29, 1.82) is 0 Å². The van der Waals surface area contributed by atoms with E-state index in [0.29, 0.717) is 29.8 Å². The average Bonchev–Trinajstić information content (AvgIpc) is 2.49. The molecule has 2 rings (SSSR count). The number of nitrogens with two attached hydrogens (primary N) is 1. The zero-order chi connectivity index (χ0) is 14.5. The van der Waals surface area contributed by atoms with Crippen molar-refractivity contribution in [2.45, 2.75) is 44.7 Å². The van der Waals surface area contributed by atoms with Gasteiger partial charge >= 0.3 is 0 Å². The molecular weight excluding hydrogens is 256 g/mol. The monoisotopic (exact) mass is 280 g/mol. The molecule has 1 heterocycles. The van der Waals surface area contributed by atoms with Gasteiger partial charge in [-0.2, -0.15) is 9.97 Å². The van der Waals surface area contributed by atoms with E-state index in [1.54, 1.807) is 20.3 Å². The normalized spacial score (nSPS) is 22.4. The topological polar surface area (TPSA) is 73.5 Å². The largest absolute Gasteiger partial charge is 0.481 e. The molecule has 0 bridgehead atoms. The minimum atomic E-state index is 0.339. The summed E-state index contributed by atoms with van der Waals surface area (Å²) in [6, 6.07) is 2.47. The SMILES string of the molecule is CCN(c1nc(OC)cc(OC)n1)C1CCC(N)CC1. The first-order valence-corrected chi connectivity index (χ1v) is 7.17. The second-order valence-corrected chi connectivity index (χ2v) is 5.11. The Morgan fingerprint density at radius 3 is 2.15 bits per heavy atom. The summed E-state index contributed by atoms with van der Waals surface area (Å²) in [5.74, 6) is 1.72. The number of hydrogen-bond acceptors (Lipinski definition) is 6. The number of ether oxygens (including phenoxy) is 2. The quantitative estimate of drug-likeness (QED) is 0.883. The molecule has 20 heavy (non-hydrogen) atoms. The van der Waals surface area contributed by atoms with Crippen LogP contribution in [0.5, 0.6) is 11.8 Å². The third kappa shape index (κ3) is 3.30. The first kappa shape index (κ1) is 14.8. The van der Waals surface area contributed by atoms with Gasteiger partial charge in [0.15, 0.2) is 0 Å². The Bertz CT molecular complexity index is 411.